The summed E-state index contributed by atoms with van der Waals surface area (Å²) in [6.07, 6.45) is 10.3. The van der Waals surface area contributed by atoms with Crippen LogP contribution in [0.2, 0.25) is 0 Å². The fraction of sp³-hybridized carbons (Fsp3) is 0.481. The van der Waals surface area contributed by atoms with E-state index in [0.717, 1.165) is 36.0 Å². The number of aryl methyl sites for hydroxylation is 1. The van der Waals surface area contributed by atoms with Gasteiger partial charge in [-0.15, -0.1) is 0 Å². The van der Waals surface area contributed by atoms with Crippen molar-refractivity contribution in [1.82, 2.24) is 9.55 Å². The highest BCUT2D eigenvalue weighted by Crippen LogP contribution is 2.39. The molecule has 3 aromatic rings. The van der Waals surface area contributed by atoms with Crippen LogP contribution in [0.4, 0.5) is 5.69 Å². The SMILES string of the molecule is CC1CCc2c(ccc3c2nc(CC(C=O)c2ccccc2)n3C2CCCCC2)N1C. The van der Waals surface area contributed by atoms with Crippen LogP contribution in [-0.2, 0) is 17.6 Å². The van der Waals surface area contributed by atoms with E-state index in [-0.39, 0.29) is 5.92 Å². The van der Waals surface area contributed by atoms with Crippen LogP contribution in [0.5, 0.6) is 0 Å². The number of anilines is 1. The lowest BCUT2D eigenvalue weighted by Gasteiger charge is -2.34. The summed E-state index contributed by atoms with van der Waals surface area (Å²) < 4.78 is 2.51. The molecule has 162 valence electrons. The number of benzene rings is 2. The Hall–Kier alpha value is -2.62. The third-order valence-corrected chi connectivity index (χ3v) is 7.60. The maximum atomic E-state index is 12.1. The van der Waals surface area contributed by atoms with Gasteiger partial charge in [-0.1, -0.05) is 49.6 Å². The van der Waals surface area contributed by atoms with E-state index >= 15 is 0 Å². The van der Waals surface area contributed by atoms with Gasteiger partial charge in [-0.2, -0.15) is 0 Å². The quantitative estimate of drug-likeness (QED) is 0.492. The molecular formula is C27H33N3O. The van der Waals surface area contributed by atoms with E-state index in [1.54, 1.807) is 0 Å². The van der Waals surface area contributed by atoms with Crippen LogP contribution in [-0.4, -0.2) is 28.9 Å². The van der Waals surface area contributed by atoms with Gasteiger partial charge in [-0.25, -0.2) is 4.98 Å². The number of carbonyl (C=O) groups is 1. The minimum absolute atomic E-state index is 0.154. The van der Waals surface area contributed by atoms with E-state index in [2.05, 4.69) is 47.7 Å². The van der Waals surface area contributed by atoms with Gasteiger partial charge in [0.2, 0.25) is 0 Å². The molecule has 0 spiro atoms. The van der Waals surface area contributed by atoms with E-state index in [9.17, 15) is 4.79 Å². The zero-order valence-corrected chi connectivity index (χ0v) is 18.8. The number of hydrogen-bond acceptors (Lipinski definition) is 3. The van der Waals surface area contributed by atoms with Gasteiger partial charge in [0.15, 0.2) is 0 Å². The summed E-state index contributed by atoms with van der Waals surface area (Å²) in [5.74, 6) is 0.927. The van der Waals surface area contributed by atoms with Gasteiger partial charge in [0.05, 0.1) is 11.0 Å². The highest BCUT2D eigenvalue weighted by molar-refractivity contribution is 5.86. The average molecular weight is 416 g/mol. The minimum atomic E-state index is -0.154. The number of nitrogens with zero attached hydrogens (tertiary/aromatic N) is 3. The molecule has 0 N–H and O–H groups in total. The first-order valence-corrected chi connectivity index (χ1v) is 11.9. The molecule has 4 heteroatoms. The second-order valence-corrected chi connectivity index (χ2v) is 9.48. The Morgan fingerprint density at radius 3 is 2.58 bits per heavy atom. The second kappa shape index (κ2) is 8.49. The Morgan fingerprint density at radius 2 is 1.84 bits per heavy atom. The molecule has 0 amide bonds. The highest BCUT2D eigenvalue weighted by atomic mass is 16.1. The van der Waals surface area contributed by atoms with Gasteiger partial charge in [0.25, 0.3) is 0 Å². The highest BCUT2D eigenvalue weighted by Gasteiger charge is 2.28. The Kier molecular flexibility index (Phi) is 5.56. The van der Waals surface area contributed by atoms with Crippen molar-refractivity contribution < 1.29 is 4.79 Å². The fourth-order valence-corrected chi connectivity index (χ4v) is 5.65. The number of carbonyl (C=O) groups excluding carboxylic acids is 1. The van der Waals surface area contributed by atoms with Crippen LogP contribution in [0.25, 0.3) is 11.0 Å². The average Bonchev–Trinajstić information content (AvgIpc) is 3.19. The zero-order valence-electron chi connectivity index (χ0n) is 18.8. The molecule has 1 aliphatic carbocycles. The molecule has 1 saturated carbocycles. The Labute approximate surface area is 185 Å². The third kappa shape index (κ3) is 3.66. The lowest BCUT2D eigenvalue weighted by Crippen LogP contribution is -2.33. The number of fused-ring (bicyclic) bond motifs is 3. The fourth-order valence-electron chi connectivity index (χ4n) is 5.65. The van der Waals surface area contributed by atoms with E-state index in [0.29, 0.717) is 18.5 Å². The van der Waals surface area contributed by atoms with Crippen molar-refractivity contribution in [3.63, 3.8) is 0 Å². The summed E-state index contributed by atoms with van der Waals surface area (Å²) in [7, 11) is 2.20. The maximum absolute atomic E-state index is 12.1. The molecular weight excluding hydrogens is 382 g/mol. The number of aldehydes is 1. The first-order valence-electron chi connectivity index (χ1n) is 11.9. The molecule has 4 nitrogen and oxygen atoms in total. The smallest absolute Gasteiger partial charge is 0.127 e. The molecule has 1 fully saturated rings. The van der Waals surface area contributed by atoms with E-state index in [1.807, 2.05) is 18.2 Å². The molecule has 1 aromatic heterocycles. The predicted octanol–water partition coefficient (Wildman–Crippen LogP) is 5.84. The van der Waals surface area contributed by atoms with E-state index in [1.165, 1.54) is 48.9 Å². The second-order valence-electron chi connectivity index (χ2n) is 9.48. The third-order valence-electron chi connectivity index (χ3n) is 7.60. The van der Waals surface area contributed by atoms with Crippen molar-refractivity contribution >= 4 is 23.0 Å². The van der Waals surface area contributed by atoms with Gasteiger partial charge in [-0.05, 0) is 50.3 Å². The molecule has 2 aromatic carbocycles. The number of hydrogen-bond donors (Lipinski definition) is 0. The van der Waals surface area contributed by atoms with Crippen molar-refractivity contribution in [2.24, 2.45) is 0 Å². The molecule has 2 atom stereocenters. The molecule has 2 aliphatic rings. The van der Waals surface area contributed by atoms with Crippen LogP contribution in [0.3, 0.4) is 0 Å². The van der Waals surface area contributed by atoms with Crippen molar-refractivity contribution in [2.45, 2.75) is 76.3 Å². The number of aromatic nitrogens is 2. The van der Waals surface area contributed by atoms with Gasteiger partial charge in [-0.3, -0.25) is 0 Å². The van der Waals surface area contributed by atoms with Gasteiger partial charge in [0, 0.05) is 42.7 Å². The van der Waals surface area contributed by atoms with Crippen molar-refractivity contribution in [1.29, 1.82) is 0 Å². The van der Waals surface area contributed by atoms with E-state index in [4.69, 9.17) is 4.98 Å². The summed E-state index contributed by atoms with van der Waals surface area (Å²) in [4.78, 5) is 19.7. The van der Waals surface area contributed by atoms with Crippen LogP contribution in [0.1, 0.15) is 74.4 Å². The van der Waals surface area contributed by atoms with Crippen molar-refractivity contribution in [3.05, 3.63) is 59.4 Å². The normalized spacial score (nSPS) is 20.6. The summed E-state index contributed by atoms with van der Waals surface area (Å²) in [5, 5.41) is 0. The van der Waals surface area contributed by atoms with Gasteiger partial charge in [0.1, 0.15) is 12.1 Å². The lowest BCUT2D eigenvalue weighted by atomic mass is 9.93. The Morgan fingerprint density at radius 1 is 1.06 bits per heavy atom. The molecule has 1 aliphatic heterocycles. The predicted molar refractivity (Wildman–Crippen MR) is 127 cm³/mol. The zero-order chi connectivity index (χ0) is 21.4. The summed E-state index contributed by atoms with van der Waals surface area (Å²) in [6, 6.07) is 15.8. The van der Waals surface area contributed by atoms with Gasteiger partial charge >= 0.3 is 0 Å². The molecule has 0 radical (unpaired) electrons. The standard InChI is InChI=1S/C27H33N3O/c1-19-13-14-23-24(29(19)2)15-16-25-27(23)28-26(30(25)22-11-7-4-8-12-22)17-21(18-31)20-9-5-3-6-10-20/h3,5-6,9-10,15-16,18-19,21-22H,4,7-8,11-14,17H2,1-2H3. The molecule has 0 saturated heterocycles. The first kappa shape index (κ1) is 20.3. The summed E-state index contributed by atoms with van der Waals surface area (Å²) >= 11 is 0. The van der Waals surface area contributed by atoms with E-state index < -0.39 is 0 Å². The molecule has 5 rings (SSSR count). The van der Waals surface area contributed by atoms with Crippen LogP contribution < -0.4 is 4.90 Å². The Balaban J connectivity index is 1.63. The molecule has 0 bridgehead atoms. The first-order chi connectivity index (χ1) is 15.2. The number of imidazole rings is 1. The summed E-state index contributed by atoms with van der Waals surface area (Å²) in [5.41, 5.74) is 6.21. The van der Waals surface area contributed by atoms with Crippen molar-refractivity contribution in [2.75, 3.05) is 11.9 Å². The monoisotopic (exact) mass is 415 g/mol. The van der Waals surface area contributed by atoms with Crippen LogP contribution in [0, 0.1) is 0 Å². The molecule has 31 heavy (non-hydrogen) atoms. The molecule has 2 heterocycles. The minimum Gasteiger partial charge on any atom is -0.372 e. The molecule has 2 unspecified atom stereocenters. The lowest BCUT2D eigenvalue weighted by molar-refractivity contribution is -0.109. The Bertz CT molecular complexity index is 1070. The van der Waals surface area contributed by atoms with Crippen LogP contribution in [0.15, 0.2) is 42.5 Å². The van der Waals surface area contributed by atoms with Crippen molar-refractivity contribution in [3.8, 4) is 0 Å². The topological polar surface area (TPSA) is 38.1 Å². The summed E-state index contributed by atoms with van der Waals surface area (Å²) in [6.45, 7) is 2.30. The van der Waals surface area contributed by atoms with Crippen LogP contribution >= 0.6 is 0 Å². The number of rotatable bonds is 5. The maximum Gasteiger partial charge on any atom is 0.127 e. The largest absolute Gasteiger partial charge is 0.372 e. The van der Waals surface area contributed by atoms with Gasteiger partial charge < -0.3 is 14.3 Å².